The molecular formula is C31H34N4O2S. The van der Waals surface area contributed by atoms with Crippen molar-refractivity contribution in [3.63, 3.8) is 0 Å². The van der Waals surface area contributed by atoms with E-state index in [1.165, 1.54) is 11.1 Å². The van der Waals surface area contributed by atoms with Gasteiger partial charge in [0.25, 0.3) is 5.91 Å². The summed E-state index contributed by atoms with van der Waals surface area (Å²) in [6.07, 6.45) is 0.713. The quantitative estimate of drug-likeness (QED) is 0.318. The fraction of sp³-hybridized carbons (Fsp3) is 0.290. The number of methoxy groups -OCH3 is 1. The van der Waals surface area contributed by atoms with Crippen LogP contribution in [0.1, 0.15) is 32.1 Å². The number of hydrogen-bond acceptors (Lipinski definition) is 6. The number of carbonyl (C=O) groups excluding carboxylic acids is 1. The van der Waals surface area contributed by atoms with Crippen LogP contribution in [0.4, 0.5) is 5.69 Å². The lowest BCUT2D eigenvalue weighted by molar-refractivity contribution is 0.102. The van der Waals surface area contributed by atoms with Gasteiger partial charge in [0.2, 0.25) is 0 Å². The second-order valence-corrected chi connectivity index (χ2v) is 10.8. The average Bonchev–Trinajstić information content (AvgIpc) is 3.41. The molecule has 1 saturated heterocycles. The van der Waals surface area contributed by atoms with Gasteiger partial charge in [-0.2, -0.15) is 0 Å². The molecule has 38 heavy (non-hydrogen) atoms. The molecular weight excluding hydrogens is 492 g/mol. The Balaban J connectivity index is 1.22. The van der Waals surface area contributed by atoms with E-state index in [-0.39, 0.29) is 5.91 Å². The zero-order valence-electron chi connectivity index (χ0n) is 22.2. The van der Waals surface area contributed by atoms with E-state index in [1.54, 1.807) is 18.4 Å². The molecule has 2 heterocycles. The molecule has 1 aliphatic rings. The van der Waals surface area contributed by atoms with Crippen LogP contribution in [0.25, 0.3) is 11.3 Å². The van der Waals surface area contributed by atoms with Gasteiger partial charge in [-0.1, -0.05) is 30.3 Å². The first-order valence-corrected chi connectivity index (χ1v) is 13.8. The number of aromatic nitrogens is 1. The highest BCUT2D eigenvalue weighted by atomic mass is 32.1. The number of nitrogens with zero attached hydrogens (tertiary/aromatic N) is 3. The molecule has 1 aromatic heterocycles. The Morgan fingerprint density at radius 3 is 2.58 bits per heavy atom. The summed E-state index contributed by atoms with van der Waals surface area (Å²) in [5.74, 6) is 0.724. The van der Waals surface area contributed by atoms with E-state index < -0.39 is 0 Å². The highest BCUT2D eigenvalue weighted by molar-refractivity contribution is 7.10. The summed E-state index contributed by atoms with van der Waals surface area (Å²) >= 11 is 1.65. The molecule has 4 aromatic rings. The van der Waals surface area contributed by atoms with Crippen molar-refractivity contribution < 1.29 is 9.53 Å². The SMILES string of the molecule is COc1cccc(-c2csc(Cc3cc(NC(=O)c4ccc(CN5CCN(C)CC5)cc4)ccc3C)n2)c1. The summed E-state index contributed by atoms with van der Waals surface area (Å²) < 4.78 is 5.35. The Hall–Kier alpha value is -3.52. The maximum Gasteiger partial charge on any atom is 0.255 e. The molecule has 7 heteroatoms. The van der Waals surface area contributed by atoms with Crippen LogP contribution in [0.15, 0.2) is 72.1 Å². The molecule has 0 saturated carbocycles. The maximum absolute atomic E-state index is 13.0. The molecule has 1 aliphatic heterocycles. The van der Waals surface area contributed by atoms with Gasteiger partial charge in [0.1, 0.15) is 5.75 Å². The van der Waals surface area contributed by atoms with Crippen molar-refractivity contribution in [1.82, 2.24) is 14.8 Å². The summed E-state index contributed by atoms with van der Waals surface area (Å²) in [6, 6.07) is 22.0. The van der Waals surface area contributed by atoms with Crippen molar-refractivity contribution >= 4 is 22.9 Å². The van der Waals surface area contributed by atoms with Gasteiger partial charge in [0, 0.05) is 61.3 Å². The number of hydrogen-bond donors (Lipinski definition) is 1. The van der Waals surface area contributed by atoms with E-state index in [4.69, 9.17) is 9.72 Å². The fourth-order valence-corrected chi connectivity index (χ4v) is 5.46. The second kappa shape index (κ2) is 11.9. The summed E-state index contributed by atoms with van der Waals surface area (Å²) in [6.45, 7) is 7.38. The van der Waals surface area contributed by atoms with Crippen LogP contribution in [-0.4, -0.2) is 61.0 Å². The molecule has 0 unspecified atom stereocenters. The van der Waals surface area contributed by atoms with Gasteiger partial charge in [0.15, 0.2) is 0 Å². The molecule has 5 rings (SSSR count). The lowest BCUT2D eigenvalue weighted by Crippen LogP contribution is -2.43. The van der Waals surface area contributed by atoms with E-state index in [1.807, 2.05) is 42.5 Å². The van der Waals surface area contributed by atoms with Crippen LogP contribution >= 0.6 is 11.3 Å². The number of anilines is 1. The van der Waals surface area contributed by atoms with Gasteiger partial charge >= 0.3 is 0 Å². The van der Waals surface area contributed by atoms with Gasteiger partial charge in [-0.05, 0) is 67.1 Å². The first-order valence-electron chi connectivity index (χ1n) is 13.0. The van der Waals surface area contributed by atoms with Gasteiger partial charge < -0.3 is 15.0 Å². The molecule has 0 atom stereocenters. The van der Waals surface area contributed by atoms with E-state index >= 15 is 0 Å². The Labute approximate surface area is 228 Å². The number of carbonyl (C=O) groups is 1. The number of benzene rings is 3. The molecule has 0 radical (unpaired) electrons. The lowest BCUT2D eigenvalue weighted by Gasteiger charge is -2.32. The molecule has 1 amide bonds. The lowest BCUT2D eigenvalue weighted by atomic mass is 10.0. The third-order valence-corrected chi connectivity index (χ3v) is 7.93. The number of nitrogens with one attached hydrogen (secondary N) is 1. The Morgan fingerprint density at radius 1 is 1.03 bits per heavy atom. The third-order valence-electron chi connectivity index (χ3n) is 7.08. The predicted octanol–water partition coefficient (Wildman–Crippen LogP) is 5.72. The first kappa shape index (κ1) is 26.1. The van der Waals surface area contributed by atoms with E-state index in [0.717, 1.165) is 66.0 Å². The van der Waals surface area contributed by atoms with Crippen LogP contribution in [0.5, 0.6) is 5.75 Å². The van der Waals surface area contributed by atoms with Crippen LogP contribution in [0.2, 0.25) is 0 Å². The number of piperazine rings is 1. The first-order chi connectivity index (χ1) is 18.5. The van der Waals surface area contributed by atoms with E-state index in [9.17, 15) is 4.79 Å². The van der Waals surface area contributed by atoms with Crippen molar-refractivity contribution in [3.05, 3.63) is 99.4 Å². The summed E-state index contributed by atoms with van der Waals surface area (Å²) in [7, 11) is 3.84. The Kier molecular flexibility index (Phi) is 8.17. The minimum Gasteiger partial charge on any atom is -0.497 e. The molecule has 0 spiro atoms. The summed E-state index contributed by atoms with van der Waals surface area (Å²) in [5, 5.41) is 6.19. The molecule has 1 N–H and O–H groups in total. The van der Waals surface area contributed by atoms with Gasteiger partial charge in [-0.25, -0.2) is 4.98 Å². The number of ether oxygens (including phenoxy) is 1. The maximum atomic E-state index is 13.0. The van der Waals surface area contributed by atoms with Crippen molar-refractivity contribution in [1.29, 1.82) is 0 Å². The Morgan fingerprint density at radius 2 is 1.82 bits per heavy atom. The molecule has 0 bridgehead atoms. The smallest absolute Gasteiger partial charge is 0.255 e. The normalized spacial score (nSPS) is 14.4. The topological polar surface area (TPSA) is 57.7 Å². The minimum atomic E-state index is -0.0967. The number of thiazole rings is 1. The van der Waals surface area contributed by atoms with E-state index in [0.29, 0.717) is 12.0 Å². The zero-order chi connectivity index (χ0) is 26.5. The summed E-state index contributed by atoms with van der Waals surface area (Å²) in [5.41, 5.74) is 7.01. The van der Waals surface area contributed by atoms with Crippen molar-refractivity contribution in [2.24, 2.45) is 0 Å². The van der Waals surface area contributed by atoms with Crippen LogP contribution < -0.4 is 10.1 Å². The molecule has 1 fully saturated rings. The molecule has 196 valence electrons. The highest BCUT2D eigenvalue weighted by Crippen LogP contribution is 2.27. The summed E-state index contributed by atoms with van der Waals surface area (Å²) in [4.78, 5) is 22.6. The zero-order valence-corrected chi connectivity index (χ0v) is 23.1. The Bertz CT molecular complexity index is 1390. The van der Waals surface area contributed by atoms with E-state index in [2.05, 4.69) is 58.7 Å². The second-order valence-electron chi connectivity index (χ2n) is 9.91. The third kappa shape index (κ3) is 6.48. The fourth-order valence-electron chi connectivity index (χ4n) is 4.64. The number of rotatable bonds is 8. The number of likely N-dealkylation sites (N-methyl/N-ethyl adjacent to an activating group) is 1. The standard InChI is InChI=1S/C31H34N4O2S/c1-22-7-12-27(17-26(22)19-30-33-29(21-38-30)25-5-4-6-28(18-25)37-3)32-31(36)24-10-8-23(9-11-24)20-35-15-13-34(2)14-16-35/h4-12,17-18,21H,13-16,19-20H2,1-3H3,(H,32,36). The van der Waals surface area contributed by atoms with Crippen LogP contribution in [0, 0.1) is 6.92 Å². The van der Waals surface area contributed by atoms with Crippen molar-refractivity contribution in [2.45, 2.75) is 19.9 Å². The molecule has 6 nitrogen and oxygen atoms in total. The minimum absolute atomic E-state index is 0.0967. The van der Waals surface area contributed by atoms with Gasteiger partial charge in [-0.3, -0.25) is 9.69 Å². The highest BCUT2D eigenvalue weighted by Gasteiger charge is 2.15. The van der Waals surface area contributed by atoms with Gasteiger partial charge in [-0.15, -0.1) is 11.3 Å². The predicted molar refractivity (Wildman–Crippen MR) is 155 cm³/mol. The average molecular weight is 527 g/mol. The van der Waals surface area contributed by atoms with Crippen LogP contribution in [-0.2, 0) is 13.0 Å². The van der Waals surface area contributed by atoms with Crippen molar-refractivity contribution in [2.75, 3.05) is 45.7 Å². The molecule has 0 aliphatic carbocycles. The number of aryl methyl sites for hydroxylation is 1. The monoisotopic (exact) mass is 526 g/mol. The van der Waals surface area contributed by atoms with Gasteiger partial charge in [0.05, 0.1) is 17.8 Å². The van der Waals surface area contributed by atoms with Crippen molar-refractivity contribution in [3.8, 4) is 17.0 Å². The van der Waals surface area contributed by atoms with Crippen LogP contribution in [0.3, 0.4) is 0 Å². The largest absolute Gasteiger partial charge is 0.497 e. The molecule has 3 aromatic carbocycles. The number of amides is 1.